The van der Waals surface area contributed by atoms with Crippen molar-refractivity contribution < 1.29 is 0 Å². The molecule has 0 N–H and O–H groups in total. The van der Waals surface area contributed by atoms with Crippen LogP contribution in [0.3, 0.4) is 0 Å². The van der Waals surface area contributed by atoms with Crippen molar-refractivity contribution in [3.63, 3.8) is 0 Å². The highest BCUT2D eigenvalue weighted by atomic mass is 35.5. The molecule has 0 saturated carbocycles. The summed E-state index contributed by atoms with van der Waals surface area (Å²) in [6.45, 7) is 1.47. The molecule has 0 spiro atoms. The minimum Gasteiger partial charge on any atom is -0.337 e. The Kier molecular flexibility index (Phi) is 3.50. The number of hydrogen-bond acceptors (Lipinski definition) is 3. The summed E-state index contributed by atoms with van der Waals surface area (Å²) in [5.41, 5.74) is 3.51. The van der Waals surface area contributed by atoms with Gasteiger partial charge in [0.05, 0.1) is 23.4 Å². The molecule has 0 aliphatic heterocycles. The van der Waals surface area contributed by atoms with E-state index in [-0.39, 0.29) is 5.56 Å². The van der Waals surface area contributed by atoms with E-state index in [9.17, 15) is 4.79 Å². The maximum absolute atomic E-state index is 12.7. The molecule has 5 nitrogen and oxygen atoms in total. The molecule has 0 saturated heterocycles. The highest BCUT2D eigenvalue weighted by Gasteiger charge is 2.25. The summed E-state index contributed by atoms with van der Waals surface area (Å²) in [4.78, 5) is 21.2. The summed E-state index contributed by atoms with van der Waals surface area (Å²) in [6, 6.07) is 5.76. The summed E-state index contributed by atoms with van der Waals surface area (Å²) in [5.74, 6) is 0. The standard InChI is InChI=1S/C17H15ClN4O/c18-14-4-1-3-12-9-13-16(15(12)14)20-11-22(17(13)23)7-2-6-21-8-5-19-10-21/h1,3-5,8,10-11H,2,6-7,9H2. The summed E-state index contributed by atoms with van der Waals surface area (Å²) in [7, 11) is 0. The number of aryl methyl sites for hydroxylation is 2. The average molecular weight is 327 g/mol. The molecule has 6 heteroatoms. The molecule has 3 aromatic rings. The van der Waals surface area contributed by atoms with E-state index in [1.54, 1.807) is 23.4 Å². The molecular formula is C17H15ClN4O. The number of imidazole rings is 1. The SMILES string of the molecule is O=c1c2c(ncn1CCCn1ccnc1)-c1c(Cl)cccc1C2. The van der Waals surface area contributed by atoms with Gasteiger partial charge in [0.2, 0.25) is 0 Å². The van der Waals surface area contributed by atoms with Crippen LogP contribution in [0, 0.1) is 0 Å². The predicted molar refractivity (Wildman–Crippen MR) is 88.6 cm³/mol. The van der Waals surface area contributed by atoms with E-state index in [0.29, 0.717) is 18.0 Å². The number of nitrogens with zero attached hydrogens (tertiary/aromatic N) is 4. The van der Waals surface area contributed by atoms with Crippen molar-refractivity contribution in [1.29, 1.82) is 0 Å². The lowest BCUT2D eigenvalue weighted by Crippen LogP contribution is -2.24. The predicted octanol–water partition coefficient (Wildman–Crippen LogP) is 2.75. The Balaban J connectivity index is 1.59. The first-order valence-electron chi connectivity index (χ1n) is 7.56. The zero-order chi connectivity index (χ0) is 15.8. The van der Waals surface area contributed by atoms with E-state index in [4.69, 9.17) is 11.6 Å². The van der Waals surface area contributed by atoms with Gasteiger partial charge in [0.25, 0.3) is 5.56 Å². The van der Waals surface area contributed by atoms with E-state index < -0.39 is 0 Å². The Morgan fingerprint density at radius 3 is 2.96 bits per heavy atom. The van der Waals surface area contributed by atoms with Gasteiger partial charge in [-0.05, 0) is 18.1 Å². The Morgan fingerprint density at radius 1 is 1.22 bits per heavy atom. The number of hydrogen-bond donors (Lipinski definition) is 0. The van der Waals surface area contributed by atoms with Gasteiger partial charge in [0, 0.05) is 43.0 Å². The second-order valence-corrected chi connectivity index (χ2v) is 6.08. The Hall–Kier alpha value is -2.40. The first-order valence-corrected chi connectivity index (χ1v) is 7.93. The number of aromatic nitrogens is 4. The fourth-order valence-electron chi connectivity index (χ4n) is 3.08. The fourth-order valence-corrected chi connectivity index (χ4v) is 3.36. The molecule has 0 amide bonds. The van der Waals surface area contributed by atoms with Crippen LogP contribution in [0.5, 0.6) is 0 Å². The number of halogens is 1. The van der Waals surface area contributed by atoms with Gasteiger partial charge in [-0.3, -0.25) is 9.36 Å². The van der Waals surface area contributed by atoms with Crippen LogP contribution in [0.1, 0.15) is 17.5 Å². The number of benzene rings is 1. The quantitative estimate of drug-likeness (QED) is 0.579. The van der Waals surface area contributed by atoms with E-state index in [1.165, 1.54) is 0 Å². The lowest BCUT2D eigenvalue weighted by atomic mass is 10.1. The molecule has 1 aliphatic carbocycles. The number of rotatable bonds is 4. The molecular weight excluding hydrogens is 312 g/mol. The lowest BCUT2D eigenvalue weighted by Gasteiger charge is -2.08. The highest BCUT2D eigenvalue weighted by Crippen LogP contribution is 2.37. The zero-order valence-electron chi connectivity index (χ0n) is 12.4. The normalized spacial score (nSPS) is 12.2. The molecule has 1 aromatic carbocycles. The highest BCUT2D eigenvalue weighted by molar-refractivity contribution is 6.33. The molecule has 0 radical (unpaired) electrons. The largest absolute Gasteiger partial charge is 0.337 e. The second-order valence-electron chi connectivity index (χ2n) is 5.68. The molecule has 0 unspecified atom stereocenters. The van der Waals surface area contributed by atoms with Gasteiger partial charge in [-0.2, -0.15) is 0 Å². The van der Waals surface area contributed by atoms with Crippen molar-refractivity contribution in [2.45, 2.75) is 25.9 Å². The summed E-state index contributed by atoms with van der Waals surface area (Å²) in [5, 5.41) is 0.658. The fraction of sp³-hybridized carbons (Fsp3) is 0.235. The first kappa shape index (κ1) is 14.2. The third kappa shape index (κ3) is 2.47. The monoisotopic (exact) mass is 326 g/mol. The van der Waals surface area contributed by atoms with Crippen LogP contribution >= 0.6 is 11.6 Å². The molecule has 1 aliphatic rings. The third-order valence-electron chi connectivity index (χ3n) is 4.21. The smallest absolute Gasteiger partial charge is 0.257 e. The van der Waals surface area contributed by atoms with Crippen LogP contribution < -0.4 is 5.56 Å². The topological polar surface area (TPSA) is 52.7 Å². The van der Waals surface area contributed by atoms with Gasteiger partial charge in [-0.25, -0.2) is 9.97 Å². The molecule has 116 valence electrons. The summed E-state index contributed by atoms with van der Waals surface area (Å²) < 4.78 is 3.69. The van der Waals surface area contributed by atoms with Crippen LogP contribution in [0.2, 0.25) is 5.02 Å². The molecule has 0 fully saturated rings. The third-order valence-corrected chi connectivity index (χ3v) is 4.52. The van der Waals surface area contributed by atoms with Crippen LogP contribution in [0.15, 0.2) is 48.0 Å². The molecule has 0 bridgehead atoms. The lowest BCUT2D eigenvalue weighted by molar-refractivity contribution is 0.545. The van der Waals surface area contributed by atoms with Crippen LogP contribution in [0.25, 0.3) is 11.3 Å². The van der Waals surface area contributed by atoms with Crippen LogP contribution in [0.4, 0.5) is 0 Å². The minimum atomic E-state index is 0.0351. The van der Waals surface area contributed by atoms with Crippen LogP contribution in [-0.4, -0.2) is 19.1 Å². The number of fused-ring (bicyclic) bond motifs is 3. The van der Waals surface area contributed by atoms with E-state index in [1.807, 2.05) is 29.0 Å². The van der Waals surface area contributed by atoms with Crippen molar-refractivity contribution in [2.24, 2.45) is 0 Å². The zero-order valence-corrected chi connectivity index (χ0v) is 13.2. The van der Waals surface area contributed by atoms with Gasteiger partial charge in [0.15, 0.2) is 0 Å². The van der Waals surface area contributed by atoms with E-state index >= 15 is 0 Å². The second kappa shape index (κ2) is 5.66. The Bertz CT molecular complexity index is 915. The van der Waals surface area contributed by atoms with Gasteiger partial charge in [0.1, 0.15) is 0 Å². The summed E-state index contributed by atoms with van der Waals surface area (Å²) in [6.07, 6.45) is 8.55. The molecule has 4 rings (SSSR count). The van der Waals surface area contributed by atoms with Gasteiger partial charge in [-0.1, -0.05) is 23.7 Å². The maximum Gasteiger partial charge on any atom is 0.257 e. The van der Waals surface area contributed by atoms with Crippen LogP contribution in [-0.2, 0) is 19.5 Å². The molecule has 23 heavy (non-hydrogen) atoms. The Morgan fingerprint density at radius 2 is 2.13 bits per heavy atom. The van der Waals surface area contributed by atoms with Gasteiger partial charge < -0.3 is 4.57 Å². The van der Waals surface area contributed by atoms with Crippen molar-refractivity contribution >= 4 is 11.6 Å². The van der Waals surface area contributed by atoms with Crippen molar-refractivity contribution in [2.75, 3.05) is 0 Å². The van der Waals surface area contributed by atoms with E-state index in [2.05, 4.69) is 9.97 Å². The van der Waals surface area contributed by atoms with Gasteiger partial charge in [-0.15, -0.1) is 0 Å². The van der Waals surface area contributed by atoms with Crippen molar-refractivity contribution in [1.82, 2.24) is 19.1 Å². The maximum atomic E-state index is 12.7. The van der Waals surface area contributed by atoms with Gasteiger partial charge >= 0.3 is 0 Å². The first-order chi connectivity index (χ1) is 11.2. The van der Waals surface area contributed by atoms with Crippen molar-refractivity contribution in [3.05, 3.63) is 69.8 Å². The molecule has 0 atom stereocenters. The summed E-state index contributed by atoms with van der Waals surface area (Å²) >= 11 is 6.27. The van der Waals surface area contributed by atoms with Crippen molar-refractivity contribution in [3.8, 4) is 11.3 Å². The minimum absolute atomic E-state index is 0.0351. The molecule has 2 heterocycles. The average Bonchev–Trinajstić information content (AvgIpc) is 3.18. The Labute approximate surface area is 138 Å². The van der Waals surface area contributed by atoms with E-state index in [0.717, 1.165) is 35.3 Å². The molecule has 2 aromatic heterocycles.